The summed E-state index contributed by atoms with van der Waals surface area (Å²) in [6, 6.07) is 10.7. The average Bonchev–Trinajstić information content (AvgIpc) is 3.17. The van der Waals surface area contributed by atoms with Crippen LogP contribution < -0.4 is 22.1 Å². The number of nitrogens with two attached hydrogens (primary N) is 1. The molecule has 4 rings (SSSR count). The minimum Gasteiger partial charge on any atom is -0.370 e. The Morgan fingerprint density at radius 2 is 2.09 bits per heavy atom. The topological polar surface area (TPSA) is 113 Å². The van der Waals surface area contributed by atoms with Gasteiger partial charge >= 0.3 is 5.69 Å². The Bertz CT molecular complexity index is 1130. The van der Waals surface area contributed by atoms with Crippen molar-refractivity contribution in [1.82, 2.24) is 25.2 Å². The zero-order valence-corrected chi connectivity index (χ0v) is 18.9. The normalized spacial score (nSPS) is 15.6. The smallest absolute Gasteiger partial charge is 0.354 e. The SMILES string of the molecule is CCc1cc2cn(-c3ccc([C@H](C)NCCCN/C(N)=N\C4CCC4)cc3)c(=O)nc2[nH]1. The van der Waals surface area contributed by atoms with Gasteiger partial charge in [0.2, 0.25) is 0 Å². The van der Waals surface area contributed by atoms with E-state index in [1.807, 2.05) is 24.4 Å². The van der Waals surface area contributed by atoms with Gasteiger partial charge in [0, 0.05) is 29.9 Å². The number of benzene rings is 1. The summed E-state index contributed by atoms with van der Waals surface area (Å²) in [4.78, 5) is 24.3. The summed E-state index contributed by atoms with van der Waals surface area (Å²) in [7, 11) is 0. The van der Waals surface area contributed by atoms with E-state index in [0.29, 0.717) is 17.6 Å². The van der Waals surface area contributed by atoms with Gasteiger partial charge in [0.1, 0.15) is 5.65 Å². The van der Waals surface area contributed by atoms with Crippen molar-refractivity contribution in [3.8, 4) is 5.69 Å². The third-order valence-electron chi connectivity index (χ3n) is 6.12. The number of rotatable bonds is 9. The van der Waals surface area contributed by atoms with Gasteiger partial charge in [-0.05, 0) is 69.3 Å². The number of hydrogen-bond donors (Lipinski definition) is 4. The highest BCUT2D eigenvalue weighted by Crippen LogP contribution is 2.21. The van der Waals surface area contributed by atoms with E-state index in [1.54, 1.807) is 4.57 Å². The van der Waals surface area contributed by atoms with Crippen molar-refractivity contribution >= 4 is 17.0 Å². The number of fused-ring (bicyclic) bond motifs is 1. The van der Waals surface area contributed by atoms with E-state index in [4.69, 9.17) is 5.73 Å². The van der Waals surface area contributed by atoms with Crippen molar-refractivity contribution in [3.63, 3.8) is 0 Å². The zero-order chi connectivity index (χ0) is 22.5. The van der Waals surface area contributed by atoms with Crippen molar-refractivity contribution in [2.45, 2.75) is 58.0 Å². The highest BCUT2D eigenvalue weighted by Gasteiger charge is 2.16. The van der Waals surface area contributed by atoms with Gasteiger partial charge in [-0.3, -0.25) is 9.56 Å². The molecule has 0 bridgehead atoms. The van der Waals surface area contributed by atoms with Gasteiger partial charge in [0.05, 0.1) is 11.7 Å². The van der Waals surface area contributed by atoms with Crippen LogP contribution in [-0.4, -0.2) is 39.6 Å². The zero-order valence-electron chi connectivity index (χ0n) is 18.9. The van der Waals surface area contributed by atoms with E-state index in [2.05, 4.69) is 51.6 Å². The standard InChI is InChI=1S/C24H33N7O/c1-3-19-14-18-15-31(24(32)30-22(18)28-19)21-10-8-17(9-11-21)16(2)26-12-5-13-27-23(25)29-20-6-4-7-20/h8-11,14-16,20,26H,3-7,12-13H2,1-2H3,(H3,25,27,29)(H,28,30,32)/t16-/m0/s1. The number of H-pyrrole nitrogens is 1. The second kappa shape index (κ2) is 9.99. The molecule has 1 aliphatic rings. The Morgan fingerprint density at radius 1 is 1.31 bits per heavy atom. The molecule has 170 valence electrons. The lowest BCUT2D eigenvalue weighted by molar-refractivity contribution is 0.418. The summed E-state index contributed by atoms with van der Waals surface area (Å²) >= 11 is 0. The second-order valence-corrected chi connectivity index (χ2v) is 8.49. The minimum absolute atomic E-state index is 0.208. The van der Waals surface area contributed by atoms with E-state index in [9.17, 15) is 4.79 Å². The number of nitrogens with one attached hydrogen (secondary N) is 3. The molecular weight excluding hydrogens is 402 g/mol. The third-order valence-corrected chi connectivity index (χ3v) is 6.12. The van der Waals surface area contributed by atoms with E-state index >= 15 is 0 Å². The highest BCUT2D eigenvalue weighted by molar-refractivity contribution is 5.78. The molecule has 1 saturated carbocycles. The Morgan fingerprint density at radius 3 is 2.78 bits per heavy atom. The molecule has 5 N–H and O–H groups in total. The van der Waals surface area contributed by atoms with Crippen LogP contribution in [-0.2, 0) is 6.42 Å². The summed E-state index contributed by atoms with van der Waals surface area (Å²) in [5.74, 6) is 0.562. The molecule has 0 unspecified atom stereocenters. The van der Waals surface area contributed by atoms with Crippen molar-refractivity contribution in [2.75, 3.05) is 13.1 Å². The first-order valence-corrected chi connectivity index (χ1v) is 11.6. The lowest BCUT2D eigenvalue weighted by atomic mass is 9.94. The van der Waals surface area contributed by atoms with Gasteiger partial charge < -0.3 is 21.4 Å². The van der Waals surface area contributed by atoms with Gasteiger partial charge in [-0.2, -0.15) is 4.98 Å². The van der Waals surface area contributed by atoms with E-state index < -0.39 is 0 Å². The van der Waals surface area contributed by atoms with Gasteiger partial charge in [0.25, 0.3) is 0 Å². The van der Waals surface area contributed by atoms with Crippen molar-refractivity contribution < 1.29 is 0 Å². The maximum Gasteiger partial charge on any atom is 0.354 e. The molecule has 1 atom stereocenters. The van der Waals surface area contributed by atoms with Crippen LogP contribution in [0.2, 0.25) is 0 Å². The summed E-state index contributed by atoms with van der Waals surface area (Å²) in [5.41, 5.74) is 9.33. The predicted octanol–water partition coefficient (Wildman–Crippen LogP) is 2.77. The molecule has 0 radical (unpaired) electrons. The summed E-state index contributed by atoms with van der Waals surface area (Å²) < 4.78 is 1.60. The van der Waals surface area contributed by atoms with Gasteiger partial charge in [-0.15, -0.1) is 0 Å². The molecule has 8 heteroatoms. The number of hydrogen-bond acceptors (Lipinski definition) is 4. The fourth-order valence-corrected chi connectivity index (χ4v) is 3.85. The van der Waals surface area contributed by atoms with Crippen LogP contribution in [0.15, 0.2) is 46.3 Å². The molecule has 2 aromatic heterocycles. The van der Waals surface area contributed by atoms with E-state index in [0.717, 1.165) is 55.5 Å². The Kier molecular flexibility index (Phi) is 6.90. The molecular formula is C24H33N7O. The molecule has 0 aliphatic heterocycles. The average molecular weight is 436 g/mol. The van der Waals surface area contributed by atoms with Crippen molar-refractivity contribution in [2.24, 2.45) is 10.7 Å². The fourth-order valence-electron chi connectivity index (χ4n) is 3.85. The third kappa shape index (κ3) is 5.19. The Balaban J connectivity index is 1.30. The lowest BCUT2D eigenvalue weighted by Gasteiger charge is -2.21. The van der Waals surface area contributed by atoms with Crippen LogP contribution in [0.1, 0.15) is 56.8 Å². The molecule has 3 aromatic rings. The lowest BCUT2D eigenvalue weighted by Crippen LogP contribution is -2.36. The maximum absolute atomic E-state index is 12.5. The van der Waals surface area contributed by atoms with Crippen molar-refractivity contribution in [3.05, 3.63) is 58.3 Å². The summed E-state index contributed by atoms with van der Waals surface area (Å²) in [6.07, 6.45) is 7.27. The first-order valence-electron chi connectivity index (χ1n) is 11.6. The van der Waals surface area contributed by atoms with Gasteiger partial charge in [0.15, 0.2) is 5.96 Å². The highest BCUT2D eigenvalue weighted by atomic mass is 16.1. The van der Waals surface area contributed by atoms with Crippen molar-refractivity contribution in [1.29, 1.82) is 0 Å². The second-order valence-electron chi connectivity index (χ2n) is 8.49. The molecule has 32 heavy (non-hydrogen) atoms. The van der Waals surface area contributed by atoms with Crippen LogP contribution in [0.5, 0.6) is 0 Å². The largest absolute Gasteiger partial charge is 0.370 e. The number of aromatic nitrogens is 3. The Hall–Kier alpha value is -3.13. The predicted molar refractivity (Wildman–Crippen MR) is 129 cm³/mol. The number of aromatic amines is 1. The first kappa shape index (κ1) is 22.1. The van der Waals surface area contributed by atoms with E-state index in [1.165, 1.54) is 12.0 Å². The maximum atomic E-state index is 12.5. The quantitative estimate of drug-likeness (QED) is 0.234. The first-order chi connectivity index (χ1) is 15.5. The molecule has 1 fully saturated rings. The summed E-state index contributed by atoms with van der Waals surface area (Å²) in [5, 5.41) is 7.66. The number of guanidine groups is 1. The van der Waals surface area contributed by atoms with Crippen LogP contribution in [0.25, 0.3) is 16.7 Å². The number of nitrogens with zero attached hydrogens (tertiary/aromatic N) is 3. The molecule has 0 saturated heterocycles. The minimum atomic E-state index is -0.284. The van der Waals surface area contributed by atoms with Gasteiger partial charge in [-0.1, -0.05) is 19.1 Å². The number of aryl methyl sites for hydroxylation is 1. The monoisotopic (exact) mass is 435 g/mol. The van der Waals surface area contributed by atoms with Crippen LogP contribution in [0.4, 0.5) is 0 Å². The van der Waals surface area contributed by atoms with E-state index in [-0.39, 0.29) is 11.7 Å². The molecule has 0 amide bonds. The molecule has 2 heterocycles. The molecule has 8 nitrogen and oxygen atoms in total. The van der Waals surface area contributed by atoms with Gasteiger partial charge in [-0.25, -0.2) is 4.79 Å². The summed E-state index contributed by atoms with van der Waals surface area (Å²) in [6.45, 7) is 5.89. The molecule has 1 aliphatic carbocycles. The molecule has 0 spiro atoms. The fraction of sp³-hybridized carbons (Fsp3) is 0.458. The molecule has 1 aromatic carbocycles. The van der Waals surface area contributed by atoms with Crippen LogP contribution >= 0.6 is 0 Å². The van der Waals surface area contributed by atoms with Crippen LogP contribution in [0, 0.1) is 0 Å². The number of aliphatic imine (C=N–C) groups is 1. The Labute approximate surface area is 188 Å². The van der Waals surface area contributed by atoms with Crippen LogP contribution in [0.3, 0.4) is 0 Å².